The predicted octanol–water partition coefficient (Wildman–Crippen LogP) is 1.29. The number of hydrogen-bond donors (Lipinski definition) is 0. The highest BCUT2D eigenvalue weighted by molar-refractivity contribution is 7.09. The van der Waals surface area contributed by atoms with Crippen molar-refractivity contribution in [1.82, 2.24) is 24.3 Å². The number of likely N-dealkylation sites (N-methyl/N-ethyl adjacent to an activating group) is 1. The Kier molecular flexibility index (Phi) is 3.77. The van der Waals surface area contributed by atoms with Crippen molar-refractivity contribution in [1.29, 1.82) is 0 Å². The van der Waals surface area contributed by atoms with Gasteiger partial charge in [0.1, 0.15) is 6.04 Å². The lowest BCUT2D eigenvalue weighted by Gasteiger charge is -2.34. The molecule has 0 N–H and O–H groups in total. The molecule has 0 saturated heterocycles. The lowest BCUT2D eigenvalue weighted by molar-refractivity contribution is -0.133. The Morgan fingerprint density at radius 2 is 2.33 bits per heavy atom. The molecule has 1 aliphatic heterocycles. The number of thiazole rings is 1. The molecule has 2 aromatic heterocycles. The van der Waals surface area contributed by atoms with Crippen LogP contribution in [0.25, 0.3) is 0 Å². The molecule has 0 spiro atoms. The van der Waals surface area contributed by atoms with E-state index in [1.807, 2.05) is 23.2 Å². The molecule has 1 atom stereocenters. The molecule has 1 amide bonds. The van der Waals surface area contributed by atoms with E-state index in [9.17, 15) is 4.79 Å². The van der Waals surface area contributed by atoms with Gasteiger partial charge in [-0.1, -0.05) is 0 Å². The van der Waals surface area contributed by atoms with Crippen LogP contribution in [0.2, 0.25) is 0 Å². The SMILES string of the molecule is Cc1ncsc1CN1Cc2cncn2[C@H](C(=O)N(C)C)C1. The van der Waals surface area contributed by atoms with Gasteiger partial charge in [-0.3, -0.25) is 9.69 Å². The first kappa shape index (κ1) is 14.2. The number of aryl methyl sites for hydroxylation is 1. The second kappa shape index (κ2) is 5.57. The lowest BCUT2D eigenvalue weighted by Crippen LogP contribution is -2.43. The van der Waals surface area contributed by atoms with Crippen molar-refractivity contribution >= 4 is 17.2 Å². The van der Waals surface area contributed by atoms with Crippen molar-refractivity contribution in [2.75, 3.05) is 20.6 Å². The van der Waals surface area contributed by atoms with E-state index < -0.39 is 0 Å². The van der Waals surface area contributed by atoms with Gasteiger partial charge in [0.25, 0.3) is 0 Å². The number of nitrogens with zero attached hydrogens (tertiary/aromatic N) is 5. The van der Waals surface area contributed by atoms with Crippen LogP contribution >= 0.6 is 11.3 Å². The van der Waals surface area contributed by atoms with Gasteiger partial charge in [-0.2, -0.15) is 0 Å². The highest BCUT2D eigenvalue weighted by Gasteiger charge is 2.31. The van der Waals surface area contributed by atoms with Gasteiger partial charge in [0.15, 0.2) is 0 Å². The molecule has 112 valence electrons. The second-order valence-corrected chi connectivity index (χ2v) is 6.51. The summed E-state index contributed by atoms with van der Waals surface area (Å²) in [6.07, 6.45) is 3.61. The van der Waals surface area contributed by atoms with Crippen molar-refractivity contribution in [3.05, 3.63) is 34.3 Å². The van der Waals surface area contributed by atoms with Gasteiger partial charge in [0, 0.05) is 44.8 Å². The minimum absolute atomic E-state index is 0.111. The summed E-state index contributed by atoms with van der Waals surface area (Å²) < 4.78 is 2.00. The summed E-state index contributed by atoms with van der Waals surface area (Å²) >= 11 is 1.67. The smallest absolute Gasteiger partial charge is 0.246 e. The van der Waals surface area contributed by atoms with Crippen LogP contribution in [-0.4, -0.2) is 50.9 Å². The molecular formula is C14H19N5OS. The normalized spacial score (nSPS) is 18.5. The van der Waals surface area contributed by atoms with Crippen LogP contribution in [0.1, 0.15) is 22.3 Å². The zero-order valence-corrected chi connectivity index (χ0v) is 13.3. The molecule has 2 aromatic rings. The highest BCUT2D eigenvalue weighted by atomic mass is 32.1. The largest absolute Gasteiger partial charge is 0.347 e. The number of carbonyl (C=O) groups excluding carboxylic acids is 1. The average molecular weight is 305 g/mol. The molecular weight excluding hydrogens is 286 g/mol. The van der Waals surface area contributed by atoms with Gasteiger partial charge in [0.05, 0.1) is 23.2 Å². The Morgan fingerprint density at radius 1 is 1.52 bits per heavy atom. The van der Waals surface area contributed by atoms with Crippen LogP contribution < -0.4 is 0 Å². The Bertz CT molecular complexity index is 647. The van der Waals surface area contributed by atoms with Gasteiger partial charge < -0.3 is 9.47 Å². The maximum absolute atomic E-state index is 12.4. The van der Waals surface area contributed by atoms with Gasteiger partial charge in [-0.25, -0.2) is 9.97 Å². The van der Waals surface area contributed by atoms with Gasteiger partial charge in [-0.05, 0) is 6.92 Å². The monoisotopic (exact) mass is 305 g/mol. The average Bonchev–Trinajstić information content (AvgIpc) is 3.06. The maximum atomic E-state index is 12.4. The molecule has 0 saturated carbocycles. The Morgan fingerprint density at radius 3 is 3.00 bits per heavy atom. The quantitative estimate of drug-likeness (QED) is 0.857. The Hall–Kier alpha value is -1.73. The lowest BCUT2D eigenvalue weighted by atomic mass is 10.1. The van der Waals surface area contributed by atoms with Crippen LogP contribution in [0.3, 0.4) is 0 Å². The first-order valence-corrected chi connectivity index (χ1v) is 7.77. The van der Waals surface area contributed by atoms with Crippen LogP contribution in [0.15, 0.2) is 18.0 Å². The highest BCUT2D eigenvalue weighted by Crippen LogP contribution is 2.25. The molecule has 7 heteroatoms. The first-order chi connectivity index (χ1) is 10.1. The van der Waals surface area contributed by atoms with Crippen LogP contribution in [0.5, 0.6) is 0 Å². The Labute approximate surface area is 128 Å². The molecule has 3 heterocycles. The standard InChI is InChI=1S/C14H19N5OS/c1-10-13(21-9-16-10)7-18-5-11-4-15-8-19(11)12(6-18)14(20)17(2)3/h4,8-9,12H,5-7H2,1-3H3/t12-/m0/s1. The van der Waals surface area contributed by atoms with Crippen molar-refractivity contribution in [2.45, 2.75) is 26.1 Å². The summed E-state index contributed by atoms with van der Waals surface area (Å²) in [5.74, 6) is 0.111. The third-order valence-corrected chi connectivity index (χ3v) is 4.76. The summed E-state index contributed by atoms with van der Waals surface area (Å²) in [6.45, 7) is 4.38. The zero-order chi connectivity index (χ0) is 15.0. The number of aromatic nitrogens is 3. The molecule has 0 bridgehead atoms. The fourth-order valence-electron chi connectivity index (χ4n) is 2.66. The topological polar surface area (TPSA) is 54.3 Å². The number of hydrogen-bond acceptors (Lipinski definition) is 5. The van der Waals surface area contributed by atoms with Crippen molar-refractivity contribution in [3.8, 4) is 0 Å². The van der Waals surface area contributed by atoms with Crippen molar-refractivity contribution in [2.24, 2.45) is 0 Å². The number of fused-ring (bicyclic) bond motifs is 1. The number of rotatable bonds is 3. The van der Waals surface area contributed by atoms with Gasteiger partial charge in [0.2, 0.25) is 5.91 Å². The fraction of sp³-hybridized carbons (Fsp3) is 0.500. The first-order valence-electron chi connectivity index (χ1n) is 6.89. The molecule has 1 aliphatic rings. The van der Waals surface area contributed by atoms with Gasteiger partial charge >= 0.3 is 0 Å². The molecule has 0 aliphatic carbocycles. The predicted molar refractivity (Wildman–Crippen MR) is 80.9 cm³/mol. The van der Waals surface area contributed by atoms with Crippen LogP contribution in [0.4, 0.5) is 0 Å². The third kappa shape index (κ3) is 2.71. The van der Waals surface area contributed by atoms with Crippen molar-refractivity contribution in [3.63, 3.8) is 0 Å². The molecule has 0 fully saturated rings. The second-order valence-electron chi connectivity index (χ2n) is 5.57. The van der Waals surface area contributed by atoms with E-state index in [0.717, 1.165) is 24.5 Å². The molecule has 6 nitrogen and oxygen atoms in total. The number of amides is 1. The summed E-state index contributed by atoms with van der Waals surface area (Å²) in [7, 11) is 3.59. The van der Waals surface area contributed by atoms with E-state index in [0.29, 0.717) is 6.54 Å². The molecule has 0 radical (unpaired) electrons. The number of imidazole rings is 1. The van der Waals surface area contributed by atoms with E-state index in [2.05, 4.69) is 14.9 Å². The van der Waals surface area contributed by atoms with E-state index >= 15 is 0 Å². The minimum Gasteiger partial charge on any atom is -0.347 e. The number of carbonyl (C=O) groups is 1. The molecule has 3 rings (SSSR count). The van der Waals surface area contributed by atoms with Crippen molar-refractivity contribution < 1.29 is 4.79 Å². The van der Waals surface area contributed by atoms with E-state index in [1.54, 1.807) is 36.7 Å². The molecule has 21 heavy (non-hydrogen) atoms. The van der Waals surface area contributed by atoms with Gasteiger partial charge in [-0.15, -0.1) is 11.3 Å². The molecule has 0 unspecified atom stereocenters. The fourth-order valence-corrected chi connectivity index (χ4v) is 3.48. The summed E-state index contributed by atoms with van der Waals surface area (Å²) in [5.41, 5.74) is 4.04. The van der Waals surface area contributed by atoms with E-state index in [1.165, 1.54) is 4.88 Å². The minimum atomic E-state index is -0.195. The van der Waals surface area contributed by atoms with Crippen LogP contribution in [0, 0.1) is 6.92 Å². The summed E-state index contributed by atoms with van der Waals surface area (Å²) in [4.78, 5) is 26.1. The third-order valence-electron chi connectivity index (χ3n) is 3.84. The van der Waals surface area contributed by atoms with E-state index in [-0.39, 0.29) is 11.9 Å². The summed E-state index contributed by atoms with van der Waals surface area (Å²) in [5, 5.41) is 0. The molecule has 0 aromatic carbocycles. The summed E-state index contributed by atoms with van der Waals surface area (Å²) in [6, 6.07) is -0.195. The maximum Gasteiger partial charge on any atom is 0.246 e. The zero-order valence-electron chi connectivity index (χ0n) is 12.5. The van der Waals surface area contributed by atoms with Crippen LogP contribution in [-0.2, 0) is 17.9 Å². The Balaban J connectivity index is 1.83. The van der Waals surface area contributed by atoms with E-state index in [4.69, 9.17) is 0 Å².